The van der Waals surface area contributed by atoms with Crippen molar-refractivity contribution in [1.29, 1.82) is 0 Å². The molecule has 0 atom stereocenters. The third kappa shape index (κ3) is 6.35. The first kappa shape index (κ1) is 27.8. The van der Waals surface area contributed by atoms with E-state index in [0.717, 1.165) is 45.1 Å². The van der Waals surface area contributed by atoms with Crippen LogP contribution in [0.5, 0.6) is 0 Å². The summed E-state index contributed by atoms with van der Waals surface area (Å²) in [5.41, 5.74) is 3.17. The standard InChI is InChI=1S/C32H40N6O2/c1-24(2)40-31(39)32(3,4)27-23-38-29(34-27)16-15-28(35-38)33-17-18-36-19-21-37(22-20-36)30(25-11-7-5-8-12-25)26-13-9-6-10-14-26/h5-16,23-24,30H,17-22H2,1-4H3,(H,33,35). The summed E-state index contributed by atoms with van der Waals surface area (Å²) in [6, 6.07) is 25.8. The van der Waals surface area contributed by atoms with Crippen LogP contribution in [0.4, 0.5) is 5.82 Å². The van der Waals surface area contributed by atoms with Crippen LogP contribution in [0.3, 0.4) is 0 Å². The molecule has 1 saturated heterocycles. The minimum atomic E-state index is -0.853. The lowest BCUT2D eigenvalue weighted by Crippen LogP contribution is -2.48. The molecule has 2 aromatic heterocycles. The van der Waals surface area contributed by atoms with Crippen LogP contribution in [0.15, 0.2) is 79.0 Å². The van der Waals surface area contributed by atoms with Gasteiger partial charge in [0.25, 0.3) is 0 Å². The summed E-state index contributed by atoms with van der Waals surface area (Å²) < 4.78 is 7.17. The average molecular weight is 541 g/mol. The monoisotopic (exact) mass is 540 g/mol. The molecule has 1 aliphatic heterocycles. The first-order chi connectivity index (χ1) is 19.3. The first-order valence-electron chi connectivity index (χ1n) is 14.2. The minimum absolute atomic E-state index is 0.171. The molecule has 1 N–H and O–H groups in total. The number of esters is 1. The Kier molecular flexibility index (Phi) is 8.47. The molecule has 5 rings (SSSR count). The van der Waals surface area contributed by atoms with E-state index in [0.29, 0.717) is 11.3 Å². The average Bonchev–Trinajstić information content (AvgIpc) is 3.39. The van der Waals surface area contributed by atoms with Crippen molar-refractivity contribution in [3.8, 4) is 0 Å². The highest BCUT2D eigenvalue weighted by Gasteiger charge is 2.35. The van der Waals surface area contributed by atoms with E-state index >= 15 is 0 Å². The summed E-state index contributed by atoms with van der Waals surface area (Å²) in [6.45, 7) is 13.2. The molecule has 3 heterocycles. The zero-order valence-electron chi connectivity index (χ0n) is 24.0. The van der Waals surface area contributed by atoms with Gasteiger partial charge < -0.3 is 10.1 Å². The summed E-state index contributed by atoms with van der Waals surface area (Å²) >= 11 is 0. The number of hydrogen-bond donors (Lipinski definition) is 1. The van der Waals surface area contributed by atoms with Gasteiger partial charge in [0, 0.05) is 39.3 Å². The number of piperazine rings is 1. The summed E-state index contributed by atoms with van der Waals surface area (Å²) in [4.78, 5) is 22.3. The zero-order chi connectivity index (χ0) is 28.1. The number of ether oxygens (including phenoxy) is 1. The fourth-order valence-electron chi connectivity index (χ4n) is 5.22. The predicted molar refractivity (Wildman–Crippen MR) is 158 cm³/mol. The number of aromatic nitrogens is 3. The van der Waals surface area contributed by atoms with Crippen molar-refractivity contribution in [3.63, 3.8) is 0 Å². The second-order valence-corrected chi connectivity index (χ2v) is 11.3. The maximum Gasteiger partial charge on any atom is 0.317 e. The summed E-state index contributed by atoms with van der Waals surface area (Å²) in [6.07, 6.45) is 1.65. The van der Waals surface area contributed by atoms with Crippen molar-refractivity contribution in [2.45, 2.75) is 45.3 Å². The van der Waals surface area contributed by atoms with Crippen LogP contribution in [0.25, 0.3) is 5.65 Å². The lowest BCUT2D eigenvalue weighted by atomic mass is 9.90. The van der Waals surface area contributed by atoms with Crippen LogP contribution in [-0.2, 0) is 14.9 Å². The van der Waals surface area contributed by atoms with E-state index < -0.39 is 5.41 Å². The lowest BCUT2D eigenvalue weighted by molar-refractivity contribution is -0.153. The van der Waals surface area contributed by atoms with E-state index in [4.69, 9.17) is 4.74 Å². The number of imidazole rings is 1. The molecule has 40 heavy (non-hydrogen) atoms. The van der Waals surface area contributed by atoms with Crippen molar-refractivity contribution < 1.29 is 9.53 Å². The molecule has 1 fully saturated rings. The van der Waals surface area contributed by atoms with E-state index in [-0.39, 0.29) is 18.1 Å². The minimum Gasteiger partial charge on any atom is -0.462 e. The van der Waals surface area contributed by atoms with Crippen molar-refractivity contribution in [2.24, 2.45) is 0 Å². The van der Waals surface area contributed by atoms with Gasteiger partial charge in [-0.3, -0.25) is 14.6 Å². The highest BCUT2D eigenvalue weighted by atomic mass is 16.5. The second kappa shape index (κ2) is 12.2. The normalized spacial score (nSPS) is 15.2. The van der Waals surface area contributed by atoms with Crippen molar-refractivity contribution in [2.75, 3.05) is 44.6 Å². The van der Waals surface area contributed by atoms with Gasteiger partial charge in [0.1, 0.15) is 11.2 Å². The largest absolute Gasteiger partial charge is 0.462 e. The Bertz CT molecular complexity index is 1360. The molecule has 0 aliphatic carbocycles. The number of nitrogens with one attached hydrogen (secondary N) is 1. The van der Waals surface area contributed by atoms with Crippen LogP contribution in [0.1, 0.15) is 50.6 Å². The Hall–Kier alpha value is -3.75. The fourth-order valence-corrected chi connectivity index (χ4v) is 5.22. The maximum absolute atomic E-state index is 12.6. The van der Waals surface area contributed by atoms with Crippen LogP contribution in [0.2, 0.25) is 0 Å². The molecule has 8 nitrogen and oxygen atoms in total. The smallest absolute Gasteiger partial charge is 0.317 e. The third-order valence-electron chi connectivity index (χ3n) is 7.55. The SMILES string of the molecule is CC(C)OC(=O)C(C)(C)c1cn2nc(NCCN3CCN(C(c4ccccc4)c4ccccc4)CC3)ccc2n1. The number of carbonyl (C=O) groups is 1. The number of hydrogen-bond acceptors (Lipinski definition) is 7. The van der Waals surface area contributed by atoms with Gasteiger partial charge in [-0.15, -0.1) is 5.10 Å². The fraction of sp³-hybridized carbons (Fsp3) is 0.406. The van der Waals surface area contributed by atoms with Crippen LogP contribution in [0, 0.1) is 0 Å². The highest BCUT2D eigenvalue weighted by molar-refractivity contribution is 5.82. The zero-order valence-corrected chi connectivity index (χ0v) is 24.0. The Balaban J connectivity index is 1.16. The number of fused-ring (bicyclic) bond motifs is 1. The van der Waals surface area contributed by atoms with Crippen LogP contribution < -0.4 is 5.32 Å². The van der Waals surface area contributed by atoms with Crippen LogP contribution in [-0.4, -0.2) is 75.7 Å². The molecule has 0 bridgehead atoms. The van der Waals surface area contributed by atoms with E-state index in [9.17, 15) is 4.79 Å². The quantitative estimate of drug-likeness (QED) is 0.290. The highest BCUT2D eigenvalue weighted by Crippen LogP contribution is 2.29. The topological polar surface area (TPSA) is 75.0 Å². The summed E-state index contributed by atoms with van der Waals surface area (Å²) in [5.74, 6) is 0.495. The number of nitrogens with zero attached hydrogens (tertiary/aromatic N) is 5. The maximum atomic E-state index is 12.6. The molecular weight excluding hydrogens is 500 g/mol. The molecule has 0 saturated carbocycles. The Labute approximate surface area is 237 Å². The Morgan fingerprint density at radius 3 is 2.15 bits per heavy atom. The van der Waals surface area contributed by atoms with Gasteiger partial charge >= 0.3 is 5.97 Å². The van der Waals surface area contributed by atoms with E-state index in [1.165, 1.54) is 11.1 Å². The van der Waals surface area contributed by atoms with Gasteiger partial charge in [-0.1, -0.05) is 60.7 Å². The predicted octanol–water partition coefficient (Wildman–Crippen LogP) is 4.78. The summed E-state index contributed by atoms with van der Waals surface area (Å²) in [5, 5.41) is 8.14. The van der Waals surface area contributed by atoms with Crippen LogP contribution >= 0.6 is 0 Å². The molecule has 8 heteroatoms. The molecule has 4 aromatic rings. The molecule has 0 radical (unpaired) electrons. The van der Waals surface area contributed by atoms with Gasteiger partial charge in [0.15, 0.2) is 5.65 Å². The number of rotatable bonds is 10. The summed E-state index contributed by atoms with van der Waals surface area (Å²) in [7, 11) is 0. The van der Waals surface area contributed by atoms with Gasteiger partial charge in [0.2, 0.25) is 0 Å². The molecule has 0 spiro atoms. The molecule has 0 unspecified atom stereocenters. The third-order valence-corrected chi connectivity index (χ3v) is 7.55. The molecule has 2 aromatic carbocycles. The van der Waals surface area contributed by atoms with Crippen molar-refractivity contribution >= 4 is 17.4 Å². The van der Waals surface area contributed by atoms with Gasteiger partial charge in [-0.05, 0) is 51.0 Å². The van der Waals surface area contributed by atoms with Gasteiger partial charge in [-0.25, -0.2) is 9.50 Å². The number of benzene rings is 2. The van der Waals surface area contributed by atoms with E-state index in [1.54, 1.807) is 4.52 Å². The number of anilines is 1. The van der Waals surface area contributed by atoms with Gasteiger partial charge in [0.05, 0.1) is 24.0 Å². The lowest BCUT2D eigenvalue weighted by Gasteiger charge is -2.39. The molecule has 0 amide bonds. The molecule has 210 valence electrons. The van der Waals surface area contributed by atoms with Gasteiger partial charge in [-0.2, -0.15) is 0 Å². The molecular formula is C32H40N6O2. The Morgan fingerprint density at radius 1 is 0.925 bits per heavy atom. The first-order valence-corrected chi connectivity index (χ1v) is 14.2. The van der Waals surface area contributed by atoms with E-state index in [2.05, 4.69) is 85.9 Å². The Morgan fingerprint density at radius 2 is 1.55 bits per heavy atom. The van der Waals surface area contributed by atoms with Crippen molar-refractivity contribution in [3.05, 3.63) is 95.8 Å². The second-order valence-electron chi connectivity index (χ2n) is 11.3. The number of carbonyl (C=O) groups excluding carboxylic acids is 1. The van der Waals surface area contributed by atoms with Crippen molar-refractivity contribution in [1.82, 2.24) is 24.4 Å². The molecule has 1 aliphatic rings. The van der Waals surface area contributed by atoms with E-state index in [1.807, 2.05) is 46.0 Å².